The lowest BCUT2D eigenvalue weighted by Crippen LogP contribution is -2.14. The molecule has 0 amide bonds. The van der Waals surface area contributed by atoms with Gasteiger partial charge in [-0.2, -0.15) is 0 Å². The first-order valence-electron chi connectivity index (χ1n) is 7.92. The quantitative estimate of drug-likeness (QED) is 0.580. The van der Waals surface area contributed by atoms with E-state index >= 15 is 0 Å². The van der Waals surface area contributed by atoms with E-state index in [1.807, 2.05) is 13.8 Å². The molecular weight excluding hydrogens is 407 g/mol. The zero-order valence-electron chi connectivity index (χ0n) is 14.5. The molecule has 0 aliphatic heterocycles. The average Bonchev–Trinajstić information content (AvgIpc) is 2.59. The lowest BCUT2D eigenvalue weighted by Gasteiger charge is -2.12. The SMILES string of the molecule is Cc1cc(Cl)c(S(=O)(=O)Nc2ccc(Oc3cncc(Cl)c3)cc2)cc1C. The monoisotopic (exact) mass is 422 g/mol. The molecule has 1 heterocycles. The highest BCUT2D eigenvalue weighted by Gasteiger charge is 2.19. The number of anilines is 1. The summed E-state index contributed by atoms with van der Waals surface area (Å²) in [5.41, 5.74) is 2.16. The maximum absolute atomic E-state index is 12.6. The molecule has 0 saturated carbocycles. The summed E-state index contributed by atoms with van der Waals surface area (Å²) in [5.74, 6) is 1.00. The van der Waals surface area contributed by atoms with E-state index < -0.39 is 10.0 Å². The van der Waals surface area contributed by atoms with Gasteiger partial charge in [-0.25, -0.2) is 8.42 Å². The predicted molar refractivity (Wildman–Crippen MR) is 107 cm³/mol. The Bertz CT molecular complexity index is 1080. The van der Waals surface area contributed by atoms with Crippen molar-refractivity contribution in [3.05, 3.63) is 76.0 Å². The van der Waals surface area contributed by atoms with Gasteiger partial charge in [-0.05, 0) is 61.4 Å². The fourth-order valence-corrected chi connectivity index (χ4v) is 4.24. The number of hydrogen-bond donors (Lipinski definition) is 1. The third-order valence-electron chi connectivity index (χ3n) is 3.86. The van der Waals surface area contributed by atoms with Crippen LogP contribution in [0.2, 0.25) is 10.0 Å². The first kappa shape index (κ1) is 19.5. The number of hydrogen-bond acceptors (Lipinski definition) is 4. The van der Waals surface area contributed by atoms with Gasteiger partial charge in [0, 0.05) is 18.0 Å². The van der Waals surface area contributed by atoms with Crippen LogP contribution >= 0.6 is 23.2 Å². The molecule has 3 rings (SSSR count). The number of pyridine rings is 1. The molecule has 8 heteroatoms. The Morgan fingerprint density at radius 3 is 2.26 bits per heavy atom. The molecule has 0 aliphatic carbocycles. The molecule has 2 aromatic carbocycles. The fourth-order valence-electron chi connectivity index (χ4n) is 2.35. The Kier molecular flexibility index (Phi) is 5.60. The Labute approximate surface area is 168 Å². The number of ether oxygens (including phenoxy) is 1. The number of nitrogens with zero attached hydrogens (tertiary/aromatic N) is 1. The molecule has 0 aliphatic rings. The summed E-state index contributed by atoms with van der Waals surface area (Å²) >= 11 is 12.0. The van der Waals surface area contributed by atoms with Crippen molar-refractivity contribution in [1.29, 1.82) is 0 Å². The van der Waals surface area contributed by atoms with Crippen LogP contribution in [0.4, 0.5) is 5.69 Å². The number of aryl methyl sites for hydroxylation is 2. The van der Waals surface area contributed by atoms with Crippen molar-refractivity contribution in [2.75, 3.05) is 4.72 Å². The van der Waals surface area contributed by atoms with E-state index in [1.54, 1.807) is 42.5 Å². The van der Waals surface area contributed by atoms with Gasteiger partial charge in [-0.15, -0.1) is 0 Å². The molecule has 0 spiro atoms. The maximum atomic E-state index is 12.6. The molecule has 0 unspecified atom stereocenters. The molecule has 1 N–H and O–H groups in total. The zero-order chi connectivity index (χ0) is 19.6. The van der Waals surface area contributed by atoms with Crippen molar-refractivity contribution in [2.45, 2.75) is 18.7 Å². The topological polar surface area (TPSA) is 68.3 Å². The predicted octanol–water partition coefficient (Wildman–Crippen LogP) is 5.60. The zero-order valence-corrected chi connectivity index (χ0v) is 16.9. The molecule has 0 bridgehead atoms. The van der Waals surface area contributed by atoms with E-state index in [1.165, 1.54) is 12.4 Å². The second-order valence-corrected chi connectivity index (χ2v) is 8.43. The molecule has 1 aromatic heterocycles. The van der Waals surface area contributed by atoms with Crippen molar-refractivity contribution in [1.82, 2.24) is 4.98 Å². The molecule has 0 fully saturated rings. The highest BCUT2D eigenvalue weighted by molar-refractivity contribution is 7.92. The van der Waals surface area contributed by atoms with Crippen LogP contribution in [0.15, 0.2) is 59.8 Å². The van der Waals surface area contributed by atoms with Crippen molar-refractivity contribution < 1.29 is 13.2 Å². The van der Waals surface area contributed by atoms with Crippen LogP contribution in [-0.4, -0.2) is 13.4 Å². The first-order chi connectivity index (χ1) is 12.7. The van der Waals surface area contributed by atoms with Crippen LogP contribution in [0.3, 0.4) is 0 Å². The van der Waals surface area contributed by atoms with E-state index in [9.17, 15) is 8.42 Å². The van der Waals surface area contributed by atoms with E-state index in [0.29, 0.717) is 22.2 Å². The standard InChI is InChI=1S/C19H16Cl2N2O3S/c1-12-7-18(21)19(8-13(12)2)27(24,25)23-15-3-5-16(6-4-15)26-17-9-14(20)10-22-11-17/h3-11,23H,1-2H3. The number of nitrogens with one attached hydrogen (secondary N) is 1. The van der Waals surface area contributed by atoms with Crippen LogP contribution in [-0.2, 0) is 10.0 Å². The van der Waals surface area contributed by atoms with Gasteiger partial charge in [0.2, 0.25) is 0 Å². The Morgan fingerprint density at radius 1 is 0.926 bits per heavy atom. The van der Waals surface area contributed by atoms with Crippen molar-refractivity contribution in [3.8, 4) is 11.5 Å². The Balaban J connectivity index is 1.79. The Morgan fingerprint density at radius 2 is 1.59 bits per heavy atom. The summed E-state index contributed by atoms with van der Waals surface area (Å²) in [4.78, 5) is 3.98. The average molecular weight is 423 g/mol. The molecule has 0 atom stereocenters. The van der Waals surface area contributed by atoms with Gasteiger partial charge in [0.05, 0.1) is 16.2 Å². The number of halogens is 2. The van der Waals surface area contributed by atoms with Crippen LogP contribution < -0.4 is 9.46 Å². The minimum Gasteiger partial charge on any atom is -0.456 e. The van der Waals surface area contributed by atoms with Crippen molar-refractivity contribution >= 4 is 38.9 Å². The van der Waals surface area contributed by atoms with Crippen LogP contribution in [0.5, 0.6) is 11.5 Å². The minimum atomic E-state index is -3.81. The van der Waals surface area contributed by atoms with E-state index in [4.69, 9.17) is 27.9 Å². The van der Waals surface area contributed by atoms with Crippen molar-refractivity contribution in [3.63, 3.8) is 0 Å². The van der Waals surface area contributed by atoms with Crippen LogP contribution in [0.1, 0.15) is 11.1 Å². The summed E-state index contributed by atoms with van der Waals surface area (Å²) in [6.45, 7) is 3.71. The molecule has 0 radical (unpaired) electrons. The van der Waals surface area contributed by atoms with Gasteiger partial charge in [0.25, 0.3) is 10.0 Å². The maximum Gasteiger partial charge on any atom is 0.263 e. The summed E-state index contributed by atoms with van der Waals surface area (Å²) in [6.07, 6.45) is 3.04. The smallest absolute Gasteiger partial charge is 0.263 e. The largest absolute Gasteiger partial charge is 0.456 e. The molecule has 0 saturated heterocycles. The van der Waals surface area contributed by atoms with Gasteiger partial charge < -0.3 is 4.74 Å². The second-order valence-electron chi connectivity index (χ2n) is 5.94. The molecule has 5 nitrogen and oxygen atoms in total. The van der Waals surface area contributed by atoms with Gasteiger partial charge in [0.1, 0.15) is 16.4 Å². The normalized spacial score (nSPS) is 11.3. The first-order valence-corrected chi connectivity index (χ1v) is 10.2. The number of sulfonamides is 1. The van der Waals surface area contributed by atoms with Crippen LogP contribution in [0, 0.1) is 13.8 Å². The van der Waals surface area contributed by atoms with Crippen molar-refractivity contribution in [2.24, 2.45) is 0 Å². The lowest BCUT2D eigenvalue weighted by molar-refractivity contribution is 0.480. The van der Waals surface area contributed by atoms with Gasteiger partial charge in [-0.3, -0.25) is 9.71 Å². The van der Waals surface area contributed by atoms with Gasteiger partial charge in [-0.1, -0.05) is 23.2 Å². The molecule has 140 valence electrons. The third kappa shape index (κ3) is 4.71. The lowest BCUT2D eigenvalue weighted by atomic mass is 10.1. The second kappa shape index (κ2) is 7.76. The van der Waals surface area contributed by atoms with E-state index in [-0.39, 0.29) is 9.92 Å². The molecule has 3 aromatic rings. The fraction of sp³-hybridized carbons (Fsp3) is 0.105. The molecular formula is C19H16Cl2N2O3S. The highest BCUT2D eigenvalue weighted by Crippen LogP contribution is 2.28. The van der Waals surface area contributed by atoms with Gasteiger partial charge >= 0.3 is 0 Å². The summed E-state index contributed by atoms with van der Waals surface area (Å²) in [7, 11) is -3.81. The number of rotatable bonds is 5. The molecule has 27 heavy (non-hydrogen) atoms. The number of aromatic nitrogens is 1. The summed E-state index contributed by atoms with van der Waals surface area (Å²) in [5, 5.41) is 0.640. The number of benzene rings is 2. The highest BCUT2D eigenvalue weighted by atomic mass is 35.5. The minimum absolute atomic E-state index is 0.0394. The van der Waals surface area contributed by atoms with E-state index in [0.717, 1.165) is 11.1 Å². The third-order valence-corrected chi connectivity index (χ3v) is 5.91. The van der Waals surface area contributed by atoms with Crippen LogP contribution in [0.25, 0.3) is 0 Å². The van der Waals surface area contributed by atoms with Gasteiger partial charge in [0.15, 0.2) is 0 Å². The van der Waals surface area contributed by atoms with E-state index in [2.05, 4.69) is 9.71 Å². The summed E-state index contributed by atoms with van der Waals surface area (Å²) in [6, 6.07) is 11.3. The summed E-state index contributed by atoms with van der Waals surface area (Å²) < 4.78 is 33.5. The Hall–Kier alpha value is -2.28.